The summed E-state index contributed by atoms with van der Waals surface area (Å²) in [5, 5.41) is 2.74. The van der Waals surface area contributed by atoms with Crippen LogP contribution in [0.2, 0.25) is 44.3 Å². The van der Waals surface area contributed by atoms with Gasteiger partial charge < -0.3 is 44.5 Å². The normalized spacial score (nSPS) is 24.1. The van der Waals surface area contributed by atoms with Crippen LogP contribution in [-0.4, -0.2) is 97.6 Å². The number of ether oxygens (including phenoxy) is 2. The van der Waals surface area contributed by atoms with E-state index in [0.717, 1.165) is 0 Å². The number of rotatable bonds is 15. The van der Waals surface area contributed by atoms with Gasteiger partial charge in [-0.25, -0.2) is 4.79 Å². The van der Waals surface area contributed by atoms with Gasteiger partial charge in [-0.1, -0.05) is 0 Å². The highest BCUT2D eigenvalue weighted by atomic mass is 28.5. The second kappa shape index (κ2) is 16.5. The zero-order valence-electron chi connectivity index (χ0n) is 22.9. The van der Waals surface area contributed by atoms with Crippen molar-refractivity contribution in [3.63, 3.8) is 0 Å². The number of carbonyl (C=O) groups is 2. The highest BCUT2D eigenvalue weighted by Crippen LogP contribution is 2.29. The summed E-state index contributed by atoms with van der Waals surface area (Å²) in [7, 11) is -6.24. The Bertz CT molecular complexity index is 669. The fraction of sp³-hybridized carbons (Fsp3) is 0.895. The molecule has 1 aliphatic heterocycles. The summed E-state index contributed by atoms with van der Waals surface area (Å²) in [5.41, 5.74) is 0. The fourth-order valence-corrected chi connectivity index (χ4v) is 21.1. The van der Waals surface area contributed by atoms with Gasteiger partial charge in [0.05, 0.1) is 13.2 Å². The number of carbonyl (C=O) groups excluding carboxylic acids is 2. The summed E-state index contributed by atoms with van der Waals surface area (Å²) < 4.78 is 51.8. The Kier molecular flexibility index (Phi) is 15.4. The van der Waals surface area contributed by atoms with Crippen LogP contribution in [0.3, 0.4) is 0 Å². The lowest BCUT2D eigenvalue weighted by atomic mass is 10.5. The van der Waals surface area contributed by atoms with Gasteiger partial charge in [0.25, 0.3) is 0 Å². The summed E-state index contributed by atoms with van der Waals surface area (Å²) in [4.78, 5) is 23.1. The molecule has 1 saturated heterocycles. The topological polar surface area (TPSA) is 129 Å². The van der Waals surface area contributed by atoms with Crippen LogP contribution in [0.4, 0.5) is 4.79 Å². The quantitative estimate of drug-likeness (QED) is 0.169. The standard InChI is InChI=1S/C19H43NO11Si5/c1-18(21)26-13-10-15-34(7)29-32(5)28-33(6)30-35(8,31-34)16-11-14-27-19(22)20-12-9-17-36(23-2,24-3)25-4/h9-17H2,1-8H3,(H,20,22). The van der Waals surface area contributed by atoms with Crippen molar-refractivity contribution in [3.8, 4) is 0 Å². The first-order valence-corrected chi connectivity index (χ1v) is 22.6. The van der Waals surface area contributed by atoms with E-state index in [0.29, 0.717) is 50.5 Å². The van der Waals surface area contributed by atoms with Crippen molar-refractivity contribution in [1.82, 2.24) is 5.32 Å². The number of hydrogen-bond acceptors (Lipinski definition) is 11. The number of hydrogen-bond donors (Lipinski definition) is 1. The summed E-state index contributed by atoms with van der Waals surface area (Å²) >= 11 is 0. The van der Waals surface area contributed by atoms with E-state index in [1.165, 1.54) is 6.92 Å². The lowest BCUT2D eigenvalue weighted by Gasteiger charge is -2.42. The highest BCUT2D eigenvalue weighted by molar-refractivity contribution is 6.86. The zero-order valence-corrected chi connectivity index (χ0v) is 27.9. The maximum absolute atomic E-state index is 12.1. The van der Waals surface area contributed by atoms with Crippen molar-refractivity contribution in [2.75, 3.05) is 41.1 Å². The molecule has 17 heteroatoms. The molecule has 1 N–H and O–H groups in total. The molecule has 12 nitrogen and oxygen atoms in total. The van der Waals surface area contributed by atoms with E-state index in [4.69, 9.17) is 39.2 Å². The van der Waals surface area contributed by atoms with Gasteiger partial charge in [-0.05, 0) is 57.5 Å². The predicted octanol–water partition coefficient (Wildman–Crippen LogP) is 2.78. The lowest BCUT2D eigenvalue weighted by Crippen LogP contribution is -2.59. The minimum absolute atomic E-state index is 0.245. The van der Waals surface area contributed by atoms with Crippen molar-refractivity contribution in [1.29, 1.82) is 0 Å². The molecule has 0 aromatic carbocycles. The number of esters is 1. The van der Waals surface area contributed by atoms with Crippen LogP contribution < -0.4 is 5.32 Å². The Labute approximate surface area is 222 Å². The third kappa shape index (κ3) is 12.9. The molecule has 0 spiro atoms. The van der Waals surface area contributed by atoms with E-state index in [1.54, 1.807) is 21.3 Å². The molecule has 210 valence electrons. The number of nitrogens with one attached hydrogen (secondary N) is 1. The first-order valence-electron chi connectivity index (χ1n) is 12.0. The van der Waals surface area contributed by atoms with Gasteiger partial charge in [-0.2, -0.15) is 0 Å². The Morgan fingerprint density at radius 3 is 1.83 bits per heavy atom. The van der Waals surface area contributed by atoms with Crippen LogP contribution in [0.25, 0.3) is 0 Å². The maximum atomic E-state index is 12.1. The molecule has 1 amide bonds. The Morgan fingerprint density at radius 2 is 1.36 bits per heavy atom. The van der Waals surface area contributed by atoms with Gasteiger partial charge >= 0.3 is 56.6 Å². The first kappa shape index (κ1) is 33.6. The molecule has 1 rings (SSSR count). The summed E-state index contributed by atoms with van der Waals surface area (Å²) in [6, 6.07) is 1.89. The average Bonchev–Trinajstić information content (AvgIpc) is 2.79. The molecule has 0 aliphatic carbocycles. The van der Waals surface area contributed by atoms with E-state index >= 15 is 0 Å². The van der Waals surface area contributed by atoms with Crippen LogP contribution in [0, 0.1) is 0 Å². The minimum atomic E-state index is -2.65. The summed E-state index contributed by atoms with van der Waals surface area (Å²) in [6.07, 6.45) is 1.42. The molecule has 0 aromatic rings. The molecule has 2 radical (unpaired) electrons. The average molecular weight is 602 g/mol. The Morgan fingerprint density at radius 1 is 0.861 bits per heavy atom. The molecular formula is C19H43NO11Si5. The minimum Gasteiger partial charge on any atom is -0.466 e. The third-order valence-corrected chi connectivity index (χ3v) is 22.3. The van der Waals surface area contributed by atoms with Gasteiger partial charge in [-0.3, -0.25) is 4.79 Å². The van der Waals surface area contributed by atoms with Crippen molar-refractivity contribution in [3.05, 3.63) is 0 Å². The molecular weight excluding hydrogens is 559 g/mol. The molecule has 0 saturated carbocycles. The van der Waals surface area contributed by atoms with Crippen molar-refractivity contribution in [2.24, 2.45) is 0 Å². The molecule has 1 fully saturated rings. The maximum Gasteiger partial charge on any atom is 0.500 e. The van der Waals surface area contributed by atoms with Crippen molar-refractivity contribution < 1.29 is 48.8 Å². The Hall–Kier alpha value is -0.456. The van der Waals surface area contributed by atoms with Crippen molar-refractivity contribution in [2.45, 2.75) is 70.5 Å². The monoisotopic (exact) mass is 601 g/mol. The molecule has 1 aliphatic rings. The van der Waals surface area contributed by atoms with E-state index in [1.807, 2.05) is 26.2 Å². The van der Waals surface area contributed by atoms with E-state index in [9.17, 15) is 9.59 Å². The predicted molar refractivity (Wildman–Crippen MR) is 142 cm³/mol. The zero-order chi connectivity index (χ0) is 27.2. The SMILES string of the molecule is CO[Si](CCCNC(=O)OCCC[Si]1(C)O[Si](C)O[Si](C)O[Si](C)(CCCOC(C)=O)O1)(OC)OC. The van der Waals surface area contributed by atoms with Crippen LogP contribution in [0.15, 0.2) is 0 Å². The van der Waals surface area contributed by atoms with Gasteiger partial charge in [0.1, 0.15) is 0 Å². The molecule has 2 unspecified atom stereocenters. The molecule has 0 bridgehead atoms. The summed E-state index contributed by atoms with van der Waals surface area (Å²) in [6.45, 7) is 10.3. The van der Waals surface area contributed by atoms with Crippen LogP contribution in [0.5, 0.6) is 0 Å². The van der Waals surface area contributed by atoms with Crippen LogP contribution >= 0.6 is 0 Å². The van der Waals surface area contributed by atoms with Crippen LogP contribution in [0.1, 0.15) is 26.2 Å². The number of amides is 1. The third-order valence-electron chi connectivity index (χ3n) is 5.39. The van der Waals surface area contributed by atoms with Gasteiger partial charge in [0.2, 0.25) is 0 Å². The lowest BCUT2D eigenvalue weighted by molar-refractivity contribution is -0.140. The van der Waals surface area contributed by atoms with Gasteiger partial charge in [-0.15, -0.1) is 0 Å². The molecule has 0 aromatic heterocycles. The summed E-state index contributed by atoms with van der Waals surface area (Å²) in [5.74, 6) is -0.301. The first-order chi connectivity index (χ1) is 16.9. The largest absolute Gasteiger partial charge is 0.500 e. The molecule has 2 atom stereocenters. The van der Waals surface area contributed by atoms with E-state index in [-0.39, 0.29) is 12.6 Å². The van der Waals surface area contributed by atoms with E-state index in [2.05, 4.69) is 5.32 Å². The van der Waals surface area contributed by atoms with Gasteiger partial charge in [0.15, 0.2) is 0 Å². The van der Waals surface area contributed by atoms with Crippen molar-refractivity contribution >= 4 is 56.6 Å². The van der Waals surface area contributed by atoms with Gasteiger partial charge in [0, 0.05) is 40.8 Å². The Balaban J connectivity index is 2.50. The number of alkyl carbamates (subject to hydrolysis) is 1. The second-order valence-corrected chi connectivity index (χ2v) is 22.5. The second-order valence-electron chi connectivity index (χ2n) is 8.67. The molecule has 36 heavy (non-hydrogen) atoms. The smallest absolute Gasteiger partial charge is 0.466 e. The van der Waals surface area contributed by atoms with Crippen LogP contribution in [-0.2, 0) is 44.0 Å². The molecule has 1 heterocycles. The van der Waals surface area contributed by atoms with E-state index < -0.39 is 50.6 Å². The fourth-order valence-electron chi connectivity index (χ4n) is 3.82. The highest BCUT2D eigenvalue weighted by Gasteiger charge is 2.47.